The molecule has 0 aliphatic carbocycles. The fourth-order valence-corrected chi connectivity index (χ4v) is 3.52. The van der Waals surface area contributed by atoms with Crippen LogP contribution in [0.2, 0.25) is 0 Å². The first-order valence-corrected chi connectivity index (χ1v) is 8.08. The van der Waals surface area contributed by atoms with Crippen LogP contribution in [-0.4, -0.2) is 22.0 Å². The van der Waals surface area contributed by atoms with E-state index in [9.17, 15) is 0 Å². The number of hydrogen-bond acceptors (Lipinski definition) is 4. The molecule has 2 rings (SSSR count). The van der Waals surface area contributed by atoms with E-state index in [0.717, 1.165) is 25.2 Å². The molecule has 0 aliphatic rings. The average Bonchev–Trinajstić information content (AvgIpc) is 2.38. The molecule has 0 atom stereocenters. The second kappa shape index (κ2) is 5.93. The van der Waals surface area contributed by atoms with E-state index in [2.05, 4.69) is 74.6 Å². The topological polar surface area (TPSA) is 50.7 Å². The lowest BCUT2D eigenvalue weighted by Gasteiger charge is -2.21. The molecule has 0 radical (unpaired) electrons. The lowest BCUT2D eigenvalue weighted by Crippen LogP contribution is -2.18. The van der Waals surface area contributed by atoms with Crippen LogP contribution in [0, 0.1) is 3.57 Å². The standard InChI is InChI=1S/C14H16BrIN4/c1-14(2,3)11-9(16)12(17-4)20-13(19-11)10-8(15)6-5-7-18-10/h5-7H,1-4H3,(H,17,19,20). The molecular formula is C14H16BrIN4. The second-order valence-corrected chi connectivity index (χ2v) is 7.33. The van der Waals surface area contributed by atoms with Gasteiger partial charge in [-0.15, -0.1) is 0 Å². The van der Waals surface area contributed by atoms with Gasteiger partial charge in [-0.05, 0) is 50.7 Å². The maximum absolute atomic E-state index is 4.73. The zero-order chi connectivity index (χ0) is 14.9. The summed E-state index contributed by atoms with van der Waals surface area (Å²) in [6.45, 7) is 6.44. The first kappa shape index (κ1) is 15.6. The highest BCUT2D eigenvalue weighted by Gasteiger charge is 2.24. The van der Waals surface area contributed by atoms with Crippen LogP contribution in [-0.2, 0) is 5.41 Å². The van der Waals surface area contributed by atoms with Crippen molar-refractivity contribution in [2.45, 2.75) is 26.2 Å². The van der Waals surface area contributed by atoms with Crippen LogP contribution < -0.4 is 5.32 Å². The Kier molecular flexibility index (Phi) is 4.63. The van der Waals surface area contributed by atoms with Crippen LogP contribution in [0.15, 0.2) is 22.8 Å². The van der Waals surface area contributed by atoms with E-state index in [4.69, 9.17) is 4.98 Å². The molecule has 106 valence electrons. The molecule has 4 nitrogen and oxygen atoms in total. The Hall–Kier alpha value is -0.760. The van der Waals surface area contributed by atoms with Gasteiger partial charge in [0.05, 0.1) is 9.26 Å². The van der Waals surface area contributed by atoms with Crippen molar-refractivity contribution in [2.24, 2.45) is 0 Å². The summed E-state index contributed by atoms with van der Waals surface area (Å²) < 4.78 is 1.94. The summed E-state index contributed by atoms with van der Waals surface area (Å²) in [6, 6.07) is 3.82. The number of anilines is 1. The first-order chi connectivity index (χ1) is 9.34. The third-order valence-electron chi connectivity index (χ3n) is 2.77. The van der Waals surface area contributed by atoms with Crippen LogP contribution in [0.1, 0.15) is 26.5 Å². The van der Waals surface area contributed by atoms with Crippen LogP contribution in [0.5, 0.6) is 0 Å². The number of aromatic nitrogens is 3. The minimum absolute atomic E-state index is 0.0545. The van der Waals surface area contributed by atoms with Crippen LogP contribution >= 0.6 is 38.5 Å². The number of hydrogen-bond donors (Lipinski definition) is 1. The monoisotopic (exact) mass is 446 g/mol. The van der Waals surface area contributed by atoms with E-state index in [1.54, 1.807) is 6.20 Å². The summed E-state index contributed by atoms with van der Waals surface area (Å²) in [6.07, 6.45) is 1.75. The van der Waals surface area contributed by atoms with Crippen LogP contribution in [0.4, 0.5) is 5.82 Å². The fourth-order valence-electron chi connectivity index (χ4n) is 1.77. The fraction of sp³-hybridized carbons (Fsp3) is 0.357. The maximum atomic E-state index is 4.73. The van der Waals surface area contributed by atoms with Gasteiger partial charge in [0, 0.05) is 23.1 Å². The van der Waals surface area contributed by atoms with Crippen molar-refractivity contribution in [3.8, 4) is 11.5 Å². The molecule has 0 saturated carbocycles. The van der Waals surface area contributed by atoms with E-state index in [-0.39, 0.29) is 5.41 Å². The van der Waals surface area contributed by atoms with Gasteiger partial charge in [0.15, 0.2) is 5.82 Å². The van der Waals surface area contributed by atoms with E-state index < -0.39 is 0 Å². The highest BCUT2D eigenvalue weighted by molar-refractivity contribution is 14.1. The van der Waals surface area contributed by atoms with Gasteiger partial charge >= 0.3 is 0 Å². The van der Waals surface area contributed by atoms with Crippen molar-refractivity contribution in [1.82, 2.24) is 15.0 Å². The Labute approximate surface area is 141 Å². The quantitative estimate of drug-likeness (QED) is 0.700. The van der Waals surface area contributed by atoms with Gasteiger partial charge in [0.25, 0.3) is 0 Å². The van der Waals surface area contributed by atoms with E-state index in [1.165, 1.54) is 0 Å². The molecule has 20 heavy (non-hydrogen) atoms. The van der Waals surface area contributed by atoms with E-state index in [1.807, 2.05) is 19.2 Å². The Bertz CT molecular complexity index is 638. The Morgan fingerprint density at radius 3 is 2.50 bits per heavy atom. The Balaban J connectivity index is 2.70. The molecule has 6 heteroatoms. The van der Waals surface area contributed by atoms with Crippen molar-refractivity contribution in [2.75, 3.05) is 12.4 Å². The third-order valence-corrected chi connectivity index (χ3v) is 4.43. The Morgan fingerprint density at radius 2 is 1.95 bits per heavy atom. The minimum Gasteiger partial charge on any atom is -0.372 e. The average molecular weight is 447 g/mol. The third kappa shape index (κ3) is 3.11. The van der Waals surface area contributed by atoms with Crippen molar-refractivity contribution in [3.63, 3.8) is 0 Å². The minimum atomic E-state index is -0.0545. The Morgan fingerprint density at radius 1 is 1.25 bits per heavy atom. The molecule has 0 fully saturated rings. The lowest BCUT2D eigenvalue weighted by molar-refractivity contribution is 0.564. The number of nitrogens with zero attached hydrogens (tertiary/aromatic N) is 3. The van der Waals surface area contributed by atoms with Crippen molar-refractivity contribution in [3.05, 3.63) is 32.1 Å². The molecule has 0 bridgehead atoms. The smallest absolute Gasteiger partial charge is 0.181 e. The van der Waals surface area contributed by atoms with E-state index >= 15 is 0 Å². The molecule has 2 aromatic heterocycles. The number of pyridine rings is 1. The normalized spacial score (nSPS) is 11.5. The SMILES string of the molecule is CNc1nc(-c2ncccc2Br)nc(C(C)(C)C)c1I. The molecule has 0 saturated heterocycles. The summed E-state index contributed by atoms with van der Waals surface area (Å²) in [4.78, 5) is 13.7. The molecule has 0 amide bonds. The van der Waals surface area contributed by atoms with Gasteiger partial charge in [-0.1, -0.05) is 20.8 Å². The predicted octanol–water partition coefficient (Wildman–Crippen LogP) is 4.24. The second-order valence-electron chi connectivity index (χ2n) is 5.39. The summed E-state index contributed by atoms with van der Waals surface area (Å²) in [5, 5.41) is 3.14. The molecule has 2 aromatic rings. The first-order valence-electron chi connectivity index (χ1n) is 6.21. The lowest BCUT2D eigenvalue weighted by atomic mass is 9.92. The van der Waals surface area contributed by atoms with Crippen LogP contribution in [0.3, 0.4) is 0 Å². The van der Waals surface area contributed by atoms with E-state index in [0.29, 0.717) is 5.82 Å². The number of nitrogens with one attached hydrogen (secondary N) is 1. The van der Waals surface area contributed by atoms with Crippen molar-refractivity contribution >= 4 is 44.3 Å². The molecule has 0 aliphatic heterocycles. The molecule has 0 spiro atoms. The van der Waals surface area contributed by atoms with Gasteiger partial charge < -0.3 is 5.32 Å². The summed E-state index contributed by atoms with van der Waals surface area (Å²) in [7, 11) is 1.87. The van der Waals surface area contributed by atoms with Crippen molar-refractivity contribution in [1.29, 1.82) is 0 Å². The molecule has 0 aromatic carbocycles. The van der Waals surface area contributed by atoms with Crippen molar-refractivity contribution < 1.29 is 0 Å². The predicted molar refractivity (Wildman–Crippen MR) is 93.9 cm³/mol. The maximum Gasteiger partial charge on any atom is 0.181 e. The number of rotatable bonds is 2. The molecule has 2 heterocycles. The largest absolute Gasteiger partial charge is 0.372 e. The zero-order valence-electron chi connectivity index (χ0n) is 11.8. The summed E-state index contributed by atoms with van der Waals surface area (Å²) in [5.74, 6) is 1.46. The zero-order valence-corrected chi connectivity index (χ0v) is 15.6. The summed E-state index contributed by atoms with van der Waals surface area (Å²) >= 11 is 5.80. The molecule has 0 unspecified atom stereocenters. The van der Waals surface area contributed by atoms with Gasteiger partial charge in [-0.2, -0.15) is 0 Å². The highest BCUT2D eigenvalue weighted by Crippen LogP contribution is 2.32. The van der Waals surface area contributed by atoms with Gasteiger partial charge in [-0.3, -0.25) is 4.98 Å². The van der Waals surface area contributed by atoms with Gasteiger partial charge in [0.1, 0.15) is 11.5 Å². The number of halogens is 2. The van der Waals surface area contributed by atoms with Gasteiger partial charge in [-0.25, -0.2) is 9.97 Å². The van der Waals surface area contributed by atoms with Gasteiger partial charge in [0.2, 0.25) is 0 Å². The molecule has 1 N–H and O–H groups in total. The molecular weight excluding hydrogens is 431 g/mol. The van der Waals surface area contributed by atoms with Crippen LogP contribution in [0.25, 0.3) is 11.5 Å². The highest BCUT2D eigenvalue weighted by atomic mass is 127. The summed E-state index contributed by atoms with van der Waals surface area (Å²) in [5.41, 5.74) is 1.72.